The van der Waals surface area contributed by atoms with Crippen LogP contribution in [0.3, 0.4) is 0 Å². The number of hydrogen-bond acceptors (Lipinski definition) is 5. The van der Waals surface area contributed by atoms with Crippen molar-refractivity contribution in [1.29, 1.82) is 0 Å². The van der Waals surface area contributed by atoms with Crippen LogP contribution in [0.15, 0.2) is 34.8 Å². The maximum atomic E-state index is 12.5. The molecule has 1 aromatic carbocycles. The van der Waals surface area contributed by atoms with Gasteiger partial charge in [-0.1, -0.05) is 28.1 Å². The molecule has 0 saturated carbocycles. The quantitative estimate of drug-likeness (QED) is 0.282. The Bertz CT molecular complexity index is 870. The average Bonchev–Trinajstić information content (AvgIpc) is 2.99. The van der Waals surface area contributed by atoms with E-state index in [0.717, 1.165) is 28.8 Å². The van der Waals surface area contributed by atoms with Gasteiger partial charge in [0.2, 0.25) is 5.78 Å². The van der Waals surface area contributed by atoms with Crippen LogP contribution >= 0.6 is 15.9 Å². The van der Waals surface area contributed by atoms with E-state index >= 15 is 0 Å². The standard InChI is InChI=1S/C22H26BrNO5/c1-15-13-19(16(2)24(15)11-4-12-28-3)21(26)14-29-22(27)10-9-20(25)17-5-7-18(23)8-6-17/h5-8,13H,4,9-12,14H2,1-3H3. The molecule has 0 fully saturated rings. The van der Waals surface area contributed by atoms with Crippen molar-refractivity contribution in [3.05, 3.63) is 57.3 Å². The molecular weight excluding hydrogens is 438 g/mol. The zero-order valence-corrected chi connectivity index (χ0v) is 18.6. The van der Waals surface area contributed by atoms with Gasteiger partial charge in [-0.3, -0.25) is 14.4 Å². The van der Waals surface area contributed by atoms with Gasteiger partial charge in [-0.15, -0.1) is 0 Å². The highest BCUT2D eigenvalue weighted by Crippen LogP contribution is 2.17. The average molecular weight is 464 g/mol. The minimum absolute atomic E-state index is 0.0443. The largest absolute Gasteiger partial charge is 0.457 e. The number of methoxy groups -OCH3 is 1. The third-order valence-electron chi connectivity index (χ3n) is 4.69. The molecule has 0 aliphatic heterocycles. The molecule has 0 aliphatic rings. The van der Waals surface area contributed by atoms with E-state index in [0.29, 0.717) is 17.7 Å². The Morgan fingerprint density at radius 2 is 1.72 bits per heavy atom. The lowest BCUT2D eigenvalue weighted by Gasteiger charge is -2.09. The number of nitrogens with zero attached hydrogens (tertiary/aromatic N) is 1. The van der Waals surface area contributed by atoms with Crippen molar-refractivity contribution < 1.29 is 23.9 Å². The molecule has 0 atom stereocenters. The molecule has 6 nitrogen and oxygen atoms in total. The number of halogens is 1. The van der Waals surface area contributed by atoms with Crippen LogP contribution < -0.4 is 0 Å². The Labute approximate surface area is 179 Å². The molecule has 156 valence electrons. The number of benzene rings is 1. The van der Waals surface area contributed by atoms with Crippen LogP contribution in [0.4, 0.5) is 0 Å². The van der Waals surface area contributed by atoms with E-state index in [9.17, 15) is 14.4 Å². The first-order chi connectivity index (χ1) is 13.8. The summed E-state index contributed by atoms with van der Waals surface area (Å²) in [4.78, 5) is 36.5. The van der Waals surface area contributed by atoms with Gasteiger partial charge in [-0.05, 0) is 38.5 Å². The second-order valence-electron chi connectivity index (χ2n) is 6.80. The Morgan fingerprint density at radius 1 is 1.03 bits per heavy atom. The molecule has 2 rings (SSSR count). The predicted octanol–water partition coefficient (Wildman–Crippen LogP) is 4.29. The SMILES string of the molecule is COCCCn1c(C)cc(C(=O)COC(=O)CCC(=O)c2ccc(Br)cc2)c1C. The fourth-order valence-electron chi connectivity index (χ4n) is 3.09. The Morgan fingerprint density at radius 3 is 2.38 bits per heavy atom. The van der Waals surface area contributed by atoms with Crippen molar-refractivity contribution in [3.63, 3.8) is 0 Å². The molecule has 1 aromatic heterocycles. The molecule has 0 unspecified atom stereocenters. The third kappa shape index (κ3) is 6.65. The molecule has 0 bridgehead atoms. The molecule has 0 spiro atoms. The molecule has 0 aliphatic carbocycles. The zero-order chi connectivity index (χ0) is 21.4. The van der Waals surface area contributed by atoms with Crippen LogP contribution in [0.25, 0.3) is 0 Å². The van der Waals surface area contributed by atoms with E-state index in [2.05, 4.69) is 20.5 Å². The molecule has 2 aromatic rings. The monoisotopic (exact) mass is 463 g/mol. The summed E-state index contributed by atoms with van der Waals surface area (Å²) in [5.41, 5.74) is 2.93. The number of rotatable bonds is 11. The topological polar surface area (TPSA) is 74.6 Å². The minimum Gasteiger partial charge on any atom is -0.457 e. The Balaban J connectivity index is 1.84. The maximum Gasteiger partial charge on any atom is 0.306 e. The van der Waals surface area contributed by atoms with Gasteiger partial charge in [-0.2, -0.15) is 0 Å². The van der Waals surface area contributed by atoms with Gasteiger partial charge < -0.3 is 14.0 Å². The highest BCUT2D eigenvalue weighted by molar-refractivity contribution is 9.10. The second kappa shape index (κ2) is 11.1. The van der Waals surface area contributed by atoms with Crippen LogP contribution in [-0.2, 0) is 20.8 Å². The van der Waals surface area contributed by atoms with Gasteiger partial charge in [0.25, 0.3) is 0 Å². The van der Waals surface area contributed by atoms with Gasteiger partial charge >= 0.3 is 5.97 Å². The fraction of sp³-hybridized carbons (Fsp3) is 0.409. The highest BCUT2D eigenvalue weighted by atomic mass is 79.9. The summed E-state index contributed by atoms with van der Waals surface area (Å²) in [6.07, 6.45) is 0.836. The smallest absolute Gasteiger partial charge is 0.306 e. The molecule has 0 saturated heterocycles. The van der Waals surface area contributed by atoms with Crippen LogP contribution in [0.5, 0.6) is 0 Å². The molecule has 7 heteroatoms. The number of aryl methyl sites for hydroxylation is 1. The molecule has 0 N–H and O–H groups in total. The molecule has 0 amide bonds. The van der Waals surface area contributed by atoms with Gasteiger partial charge in [0.1, 0.15) is 0 Å². The van der Waals surface area contributed by atoms with Crippen molar-refractivity contribution >= 4 is 33.5 Å². The zero-order valence-electron chi connectivity index (χ0n) is 17.0. The van der Waals surface area contributed by atoms with Crippen LogP contribution in [0.1, 0.15) is 51.4 Å². The third-order valence-corrected chi connectivity index (χ3v) is 5.22. The number of esters is 1. The van der Waals surface area contributed by atoms with E-state index in [-0.39, 0.29) is 31.0 Å². The summed E-state index contributed by atoms with van der Waals surface area (Å²) in [5, 5.41) is 0. The van der Waals surface area contributed by atoms with E-state index in [4.69, 9.17) is 9.47 Å². The maximum absolute atomic E-state index is 12.5. The Hall–Kier alpha value is -2.25. The number of aromatic nitrogens is 1. The van der Waals surface area contributed by atoms with Gasteiger partial charge in [0, 0.05) is 53.7 Å². The van der Waals surface area contributed by atoms with E-state index in [1.54, 1.807) is 31.4 Å². The van der Waals surface area contributed by atoms with E-state index in [1.165, 1.54) is 0 Å². The number of carbonyl (C=O) groups excluding carboxylic acids is 3. The first kappa shape index (κ1) is 23.0. The summed E-state index contributed by atoms with van der Waals surface area (Å²) >= 11 is 3.31. The predicted molar refractivity (Wildman–Crippen MR) is 113 cm³/mol. The van der Waals surface area contributed by atoms with Gasteiger partial charge in [0.15, 0.2) is 12.4 Å². The normalized spacial score (nSPS) is 10.8. The minimum atomic E-state index is -0.558. The Kier molecular flexibility index (Phi) is 8.79. The lowest BCUT2D eigenvalue weighted by atomic mass is 10.1. The summed E-state index contributed by atoms with van der Waals surface area (Å²) in [6, 6.07) is 8.76. The second-order valence-corrected chi connectivity index (χ2v) is 7.71. The van der Waals surface area contributed by atoms with Crippen LogP contribution in [-0.4, -0.2) is 42.4 Å². The van der Waals surface area contributed by atoms with Crippen LogP contribution in [0, 0.1) is 13.8 Å². The summed E-state index contributed by atoms with van der Waals surface area (Å²) in [7, 11) is 1.66. The lowest BCUT2D eigenvalue weighted by molar-refractivity contribution is -0.142. The summed E-state index contributed by atoms with van der Waals surface area (Å²) in [5.74, 6) is -0.943. The lowest BCUT2D eigenvalue weighted by Crippen LogP contribution is -2.16. The number of carbonyl (C=O) groups is 3. The van der Waals surface area contributed by atoms with Crippen molar-refractivity contribution in [1.82, 2.24) is 4.57 Å². The first-order valence-corrected chi connectivity index (χ1v) is 10.3. The number of hydrogen-bond donors (Lipinski definition) is 0. The summed E-state index contributed by atoms with van der Waals surface area (Å²) in [6.45, 7) is 4.91. The van der Waals surface area contributed by atoms with Crippen molar-refractivity contribution in [2.75, 3.05) is 20.3 Å². The van der Waals surface area contributed by atoms with Crippen molar-refractivity contribution in [2.24, 2.45) is 0 Å². The van der Waals surface area contributed by atoms with Gasteiger partial charge in [-0.25, -0.2) is 0 Å². The van der Waals surface area contributed by atoms with E-state index in [1.807, 2.05) is 19.9 Å². The number of ether oxygens (including phenoxy) is 2. The molecule has 0 radical (unpaired) electrons. The molecule has 1 heterocycles. The number of ketones is 2. The highest BCUT2D eigenvalue weighted by Gasteiger charge is 2.18. The first-order valence-electron chi connectivity index (χ1n) is 9.46. The van der Waals surface area contributed by atoms with Crippen molar-refractivity contribution in [2.45, 2.75) is 39.7 Å². The fourth-order valence-corrected chi connectivity index (χ4v) is 3.35. The molecular formula is C22H26BrNO5. The van der Waals surface area contributed by atoms with Gasteiger partial charge in [0.05, 0.1) is 6.42 Å². The van der Waals surface area contributed by atoms with Crippen molar-refractivity contribution in [3.8, 4) is 0 Å². The van der Waals surface area contributed by atoms with Crippen LogP contribution in [0.2, 0.25) is 0 Å². The summed E-state index contributed by atoms with van der Waals surface area (Å²) < 4.78 is 13.1. The molecule has 29 heavy (non-hydrogen) atoms. The number of Topliss-reactive ketones (excluding diaryl/α,β-unsaturated/α-hetero) is 2. The van der Waals surface area contributed by atoms with E-state index < -0.39 is 5.97 Å².